The van der Waals surface area contributed by atoms with Crippen LogP contribution in [0.25, 0.3) is 0 Å². The highest BCUT2D eigenvalue weighted by Gasteiger charge is 2.25. The minimum absolute atomic E-state index is 0.00248. The Bertz CT molecular complexity index is 733. The number of hydrogen-bond acceptors (Lipinski definition) is 4. The second-order valence-electron chi connectivity index (χ2n) is 6.36. The van der Waals surface area contributed by atoms with Gasteiger partial charge in [-0.25, -0.2) is 0 Å². The number of nitrogens with zero attached hydrogens (tertiary/aromatic N) is 1. The number of carbonyl (C=O) groups is 1. The number of morpholine rings is 1. The van der Waals surface area contributed by atoms with Crippen molar-refractivity contribution < 1.29 is 19.0 Å². The molecule has 1 aliphatic heterocycles. The fraction of sp³-hybridized carbons (Fsp3) is 0.381. The maximum Gasteiger partial charge on any atom is 0.260 e. The van der Waals surface area contributed by atoms with Gasteiger partial charge in [-0.15, -0.1) is 0 Å². The maximum atomic E-state index is 12.5. The predicted molar refractivity (Wildman–Crippen MR) is 104 cm³/mol. The van der Waals surface area contributed by atoms with Crippen LogP contribution in [0.5, 0.6) is 11.5 Å². The molecule has 5 nitrogen and oxygen atoms in total. The molecule has 2 aromatic rings. The summed E-state index contributed by atoms with van der Waals surface area (Å²) in [5.74, 6) is 1.40. The molecule has 1 unspecified atom stereocenters. The van der Waals surface area contributed by atoms with Crippen molar-refractivity contribution in [3.63, 3.8) is 0 Å². The van der Waals surface area contributed by atoms with Crippen LogP contribution in [0.15, 0.2) is 48.5 Å². The number of benzene rings is 2. The third-order valence-electron chi connectivity index (χ3n) is 4.32. The van der Waals surface area contributed by atoms with Crippen LogP contribution in [0.2, 0.25) is 5.02 Å². The van der Waals surface area contributed by atoms with Crippen LogP contribution < -0.4 is 9.47 Å². The third kappa shape index (κ3) is 5.62. The zero-order valence-corrected chi connectivity index (χ0v) is 16.2. The third-order valence-corrected chi connectivity index (χ3v) is 4.57. The summed E-state index contributed by atoms with van der Waals surface area (Å²) >= 11 is 5.93. The van der Waals surface area contributed by atoms with E-state index in [0.29, 0.717) is 37.1 Å². The fourth-order valence-corrected chi connectivity index (χ4v) is 2.97. The molecule has 0 spiro atoms. The molecule has 0 aliphatic carbocycles. The summed E-state index contributed by atoms with van der Waals surface area (Å²) in [6.45, 7) is 4.32. The highest BCUT2D eigenvalue weighted by atomic mass is 35.5. The number of carbonyl (C=O) groups excluding carboxylic acids is 1. The molecule has 0 saturated carbocycles. The first-order valence-corrected chi connectivity index (χ1v) is 9.54. The van der Waals surface area contributed by atoms with Gasteiger partial charge in [0.2, 0.25) is 0 Å². The summed E-state index contributed by atoms with van der Waals surface area (Å²) in [7, 11) is 0. The van der Waals surface area contributed by atoms with Gasteiger partial charge in [0.05, 0.1) is 19.8 Å². The molecule has 3 rings (SSSR count). The molecule has 1 fully saturated rings. The van der Waals surface area contributed by atoms with Gasteiger partial charge >= 0.3 is 0 Å². The Labute approximate surface area is 164 Å². The van der Waals surface area contributed by atoms with Crippen LogP contribution in [0.4, 0.5) is 0 Å². The van der Waals surface area contributed by atoms with Crippen molar-refractivity contribution in [2.45, 2.75) is 19.4 Å². The topological polar surface area (TPSA) is 48.0 Å². The number of hydrogen-bond donors (Lipinski definition) is 0. The molecule has 0 aromatic heterocycles. The van der Waals surface area contributed by atoms with Crippen LogP contribution in [-0.4, -0.2) is 43.7 Å². The van der Waals surface area contributed by atoms with E-state index < -0.39 is 0 Å². The lowest BCUT2D eigenvalue weighted by molar-refractivity contribution is -0.141. The van der Waals surface area contributed by atoms with Crippen molar-refractivity contribution in [2.24, 2.45) is 0 Å². The van der Waals surface area contributed by atoms with E-state index in [1.54, 1.807) is 4.90 Å². The van der Waals surface area contributed by atoms with Crippen LogP contribution >= 0.6 is 11.6 Å². The summed E-state index contributed by atoms with van der Waals surface area (Å²) in [5, 5.41) is 0.682. The van der Waals surface area contributed by atoms with E-state index >= 15 is 0 Å². The van der Waals surface area contributed by atoms with Crippen LogP contribution in [0, 0.1) is 0 Å². The van der Waals surface area contributed by atoms with Crippen molar-refractivity contribution >= 4 is 17.5 Å². The summed E-state index contributed by atoms with van der Waals surface area (Å²) < 4.78 is 17.0. The Kier molecular flexibility index (Phi) is 6.96. The standard InChI is InChI=1S/C21H24ClNO4/c1-2-12-25-18-7-9-19(10-8-18)27-15-21(24)23-11-13-26-20(14-23)16-3-5-17(22)6-4-16/h3-10,20H,2,11-15H2,1H3. The van der Waals surface area contributed by atoms with E-state index in [-0.39, 0.29) is 18.6 Å². The van der Waals surface area contributed by atoms with E-state index in [4.69, 9.17) is 25.8 Å². The Hall–Kier alpha value is -2.24. The van der Waals surface area contributed by atoms with Gasteiger partial charge in [0.15, 0.2) is 6.61 Å². The van der Waals surface area contributed by atoms with Gasteiger partial charge in [-0.05, 0) is 48.4 Å². The van der Waals surface area contributed by atoms with Gasteiger partial charge in [-0.1, -0.05) is 30.7 Å². The molecule has 2 aromatic carbocycles. The minimum atomic E-state index is -0.144. The molecule has 1 saturated heterocycles. The second kappa shape index (κ2) is 9.62. The molecular formula is C21H24ClNO4. The number of amides is 1. The largest absolute Gasteiger partial charge is 0.494 e. The average molecular weight is 390 g/mol. The van der Waals surface area contributed by atoms with Crippen molar-refractivity contribution in [1.82, 2.24) is 4.90 Å². The first-order chi connectivity index (χ1) is 13.2. The lowest BCUT2D eigenvalue weighted by atomic mass is 10.1. The van der Waals surface area contributed by atoms with Crippen LogP contribution in [0.3, 0.4) is 0 Å². The molecule has 1 aliphatic rings. The lowest BCUT2D eigenvalue weighted by Crippen LogP contribution is -2.44. The number of rotatable bonds is 7. The molecule has 0 bridgehead atoms. The van der Waals surface area contributed by atoms with E-state index in [1.807, 2.05) is 48.5 Å². The van der Waals surface area contributed by atoms with E-state index in [0.717, 1.165) is 17.7 Å². The van der Waals surface area contributed by atoms with E-state index in [2.05, 4.69) is 6.92 Å². The monoisotopic (exact) mass is 389 g/mol. The smallest absolute Gasteiger partial charge is 0.260 e. The number of ether oxygens (including phenoxy) is 3. The lowest BCUT2D eigenvalue weighted by Gasteiger charge is -2.33. The summed E-state index contributed by atoms with van der Waals surface area (Å²) in [4.78, 5) is 14.3. The zero-order chi connectivity index (χ0) is 19.1. The van der Waals surface area contributed by atoms with Gasteiger partial charge < -0.3 is 19.1 Å². The molecule has 27 heavy (non-hydrogen) atoms. The average Bonchev–Trinajstić information content (AvgIpc) is 2.72. The molecular weight excluding hydrogens is 366 g/mol. The van der Waals surface area contributed by atoms with Gasteiger partial charge in [0, 0.05) is 11.6 Å². The van der Waals surface area contributed by atoms with Crippen molar-refractivity contribution in [3.8, 4) is 11.5 Å². The Morgan fingerprint density at radius 2 is 1.78 bits per heavy atom. The van der Waals surface area contributed by atoms with E-state index in [1.165, 1.54) is 0 Å². The highest BCUT2D eigenvalue weighted by Crippen LogP contribution is 2.24. The van der Waals surface area contributed by atoms with Crippen molar-refractivity contribution in [2.75, 3.05) is 32.9 Å². The Balaban J connectivity index is 1.50. The van der Waals surface area contributed by atoms with Gasteiger partial charge in [-0.2, -0.15) is 0 Å². The fourth-order valence-electron chi connectivity index (χ4n) is 2.84. The molecule has 0 N–H and O–H groups in total. The quantitative estimate of drug-likeness (QED) is 0.715. The maximum absolute atomic E-state index is 12.5. The summed E-state index contributed by atoms with van der Waals surface area (Å²) in [6, 6.07) is 14.8. The van der Waals surface area contributed by atoms with Gasteiger partial charge in [0.25, 0.3) is 5.91 Å². The molecule has 1 amide bonds. The summed E-state index contributed by atoms with van der Waals surface area (Å²) in [6.07, 6.45) is 0.818. The second-order valence-corrected chi connectivity index (χ2v) is 6.80. The Morgan fingerprint density at radius 3 is 2.44 bits per heavy atom. The van der Waals surface area contributed by atoms with Crippen molar-refractivity contribution in [3.05, 3.63) is 59.1 Å². The molecule has 144 valence electrons. The van der Waals surface area contributed by atoms with Crippen LogP contribution in [-0.2, 0) is 9.53 Å². The summed E-state index contributed by atoms with van der Waals surface area (Å²) in [5.41, 5.74) is 1.01. The van der Waals surface area contributed by atoms with Gasteiger partial charge in [-0.3, -0.25) is 4.79 Å². The molecule has 6 heteroatoms. The first-order valence-electron chi connectivity index (χ1n) is 9.16. The normalized spacial score (nSPS) is 16.8. The van der Waals surface area contributed by atoms with Gasteiger partial charge in [0.1, 0.15) is 17.6 Å². The highest BCUT2D eigenvalue weighted by molar-refractivity contribution is 6.30. The minimum Gasteiger partial charge on any atom is -0.494 e. The van der Waals surface area contributed by atoms with Crippen molar-refractivity contribution in [1.29, 1.82) is 0 Å². The molecule has 1 atom stereocenters. The Morgan fingerprint density at radius 1 is 1.11 bits per heavy atom. The number of halogens is 1. The van der Waals surface area contributed by atoms with E-state index in [9.17, 15) is 4.79 Å². The predicted octanol–water partition coefficient (Wildman–Crippen LogP) is 4.11. The van der Waals surface area contributed by atoms with Crippen LogP contribution in [0.1, 0.15) is 25.0 Å². The zero-order valence-electron chi connectivity index (χ0n) is 15.4. The molecule has 1 heterocycles. The first kappa shape index (κ1) is 19.5. The SMILES string of the molecule is CCCOc1ccc(OCC(=O)N2CCOC(c3ccc(Cl)cc3)C2)cc1. The molecule has 0 radical (unpaired) electrons.